The highest BCUT2D eigenvalue weighted by Gasteiger charge is 2.42. The first kappa shape index (κ1) is 48.4. The number of aromatic hydroxyl groups is 2. The van der Waals surface area contributed by atoms with Gasteiger partial charge in [-0.3, -0.25) is 19.4 Å². The molecule has 3 aliphatic heterocycles. The molecule has 0 saturated carbocycles. The Hall–Kier alpha value is -4.59. The number of carbonyl (C=O) groups is 3. The monoisotopic (exact) mass is 859 g/mol. The molecule has 0 aromatic heterocycles. The Morgan fingerprint density at radius 1 is 1.00 bits per heavy atom. The number of allylic oxidation sites excluding steroid dienone is 5. The summed E-state index contributed by atoms with van der Waals surface area (Å²) in [6.07, 6.45) is 10.4. The number of nitrogens with zero attached hydrogens (tertiary/aromatic N) is 3. The van der Waals surface area contributed by atoms with Crippen LogP contribution in [-0.2, 0) is 19.1 Å². The number of likely N-dealkylation sites (tertiary alicyclic amines) is 1. The summed E-state index contributed by atoms with van der Waals surface area (Å²) in [6, 6.07) is 0. The van der Waals surface area contributed by atoms with E-state index in [-0.39, 0.29) is 86.6 Å². The van der Waals surface area contributed by atoms with Gasteiger partial charge in [0, 0.05) is 68.3 Å². The molecular weight excluding hydrogens is 789 g/mol. The van der Waals surface area contributed by atoms with Crippen molar-refractivity contribution in [1.82, 2.24) is 4.90 Å². The number of nitrogens with one attached hydrogen (secondary N) is 1. The number of hydrogen-bond acceptors (Lipinski definition) is 12. The van der Waals surface area contributed by atoms with E-state index in [0.29, 0.717) is 42.9 Å². The number of hydrogen-bond donors (Lipinski definition) is 4. The van der Waals surface area contributed by atoms with Crippen molar-refractivity contribution in [3.63, 3.8) is 0 Å². The minimum Gasteiger partial charge on any atom is -0.507 e. The van der Waals surface area contributed by atoms with Gasteiger partial charge >= 0.3 is 5.97 Å². The lowest BCUT2D eigenvalue weighted by Crippen LogP contribution is -2.47. The van der Waals surface area contributed by atoms with Crippen LogP contribution in [0.15, 0.2) is 45.9 Å². The number of esters is 1. The molecule has 2 aromatic carbocycles. The van der Waals surface area contributed by atoms with Gasteiger partial charge in [-0.15, -0.1) is 0 Å². The molecule has 62 heavy (non-hydrogen) atoms. The van der Waals surface area contributed by atoms with Crippen LogP contribution in [0.25, 0.3) is 10.8 Å². The van der Waals surface area contributed by atoms with E-state index >= 15 is 0 Å². The number of phenolic OH excluding ortho intramolecular Hbond substituents is 2. The number of benzene rings is 2. The van der Waals surface area contributed by atoms with Gasteiger partial charge < -0.3 is 39.7 Å². The molecule has 1 spiro atoms. The molecule has 13 heteroatoms. The predicted molar refractivity (Wildman–Crippen MR) is 241 cm³/mol. The van der Waals surface area contributed by atoms with Gasteiger partial charge in [0.25, 0.3) is 5.91 Å². The smallest absolute Gasteiger partial charge is 0.302 e. The summed E-state index contributed by atoms with van der Waals surface area (Å²) in [4.78, 5) is 53.3. The fourth-order valence-corrected chi connectivity index (χ4v) is 9.43. The summed E-state index contributed by atoms with van der Waals surface area (Å²) < 4.78 is 18.4. The maximum Gasteiger partial charge on any atom is 0.302 e. The maximum atomic E-state index is 14.7. The van der Waals surface area contributed by atoms with Crippen LogP contribution in [0.2, 0.25) is 0 Å². The zero-order chi connectivity index (χ0) is 45.8. The van der Waals surface area contributed by atoms with Crippen molar-refractivity contribution in [2.24, 2.45) is 39.6 Å². The normalized spacial score (nSPS) is 27.3. The molecule has 1 saturated heterocycles. The first-order valence-electron chi connectivity index (χ1n) is 22.4. The number of ketones is 1. The molecule has 5 rings (SSSR count). The molecule has 1 amide bonds. The summed E-state index contributed by atoms with van der Waals surface area (Å²) in [6.45, 7) is 24.7. The Morgan fingerprint density at radius 2 is 1.68 bits per heavy atom. The molecule has 2 aromatic rings. The highest BCUT2D eigenvalue weighted by molar-refractivity contribution is 6.18. The van der Waals surface area contributed by atoms with Crippen molar-refractivity contribution < 1.29 is 43.9 Å². The molecule has 1 fully saturated rings. The first-order chi connectivity index (χ1) is 29.1. The summed E-state index contributed by atoms with van der Waals surface area (Å²) in [5.41, 5.74) is 0.348. The molecule has 0 aliphatic carbocycles. The first-order valence-corrected chi connectivity index (χ1v) is 22.4. The van der Waals surface area contributed by atoms with E-state index in [1.165, 1.54) is 6.92 Å². The minimum absolute atomic E-state index is 0.0156. The van der Waals surface area contributed by atoms with Crippen LogP contribution in [0.5, 0.6) is 17.2 Å². The Morgan fingerprint density at radius 3 is 2.29 bits per heavy atom. The summed E-state index contributed by atoms with van der Waals surface area (Å²) >= 11 is 0. The van der Waals surface area contributed by atoms with Gasteiger partial charge in [-0.25, -0.2) is 4.99 Å². The van der Waals surface area contributed by atoms with E-state index in [0.717, 1.165) is 19.6 Å². The lowest BCUT2D eigenvalue weighted by molar-refractivity contribution is -0.237. The van der Waals surface area contributed by atoms with E-state index in [4.69, 9.17) is 19.2 Å². The van der Waals surface area contributed by atoms with E-state index in [2.05, 4.69) is 42.9 Å². The van der Waals surface area contributed by atoms with Gasteiger partial charge in [-0.1, -0.05) is 71.9 Å². The quantitative estimate of drug-likeness (QED) is 0.0932. The number of aliphatic hydroxyl groups is 1. The van der Waals surface area contributed by atoms with Gasteiger partial charge in [-0.2, -0.15) is 0 Å². The molecular formula is C49H70N4O9. The van der Waals surface area contributed by atoms with Crippen LogP contribution < -0.4 is 20.8 Å². The van der Waals surface area contributed by atoms with Crippen LogP contribution in [0.4, 0.5) is 5.69 Å². The molecule has 0 unspecified atom stereocenters. The number of anilines is 1. The Kier molecular flexibility index (Phi) is 15.5. The zero-order valence-electron chi connectivity index (χ0n) is 38.9. The van der Waals surface area contributed by atoms with Crippen molar-refractivity contribution >= 4 is 34.1 Å². The molecule has 0 radical (unpaired) electrons. The van der Waals surface area contributed by atoms with Crippen molar-refractivity contribution in [1.29, 1.82) is 0 Å². The van der Waals surface area contributed by atoms with Crippen molar-refractivity contribution in [3.8, 4) is 17.2 Å². The second-order valence-electron chi connectivity index (χ2n) is 18.9. The number of rotatable bonds is 7. The number of carbonyl (C=O) groups excluding carboxylic acids is 3. The van der Waals surface area contributed by atoms with Gasteiger partial charge in [0.1, 0.15) is 34.0 Å². The average molecular weight is 859 g/mol. The third-order valence-electron chi connectivity index (χ3n) is 12.3. The fraction of sp³-hybridized carbons (Fsp3) is 0.612. The topological polar surface area (TPSA) is 180 Å². The Bertz CT molecular complexity index is 2230. The number of piperidine rings is 1. The van der Waals surface area contributed by atoms with E-state index in [9.17, 15) is 29.7 Å². The fourth-order valence-electron chi connectivity index (χ4n) is 9.43. The molecule has 4 N–H and O–H groups in total. The van der Waals surface area contributed by atoms with Gasteiger partial charge in [-0.05, 0) is 71.1 Å². The van der Waals surface area contributed by atoms with Crippen LogP contribution in [0.1, 0.15) is 124 Å². The van der Waals surface area contributed by atoms with E-state index in [1.54, 1.807) is 52.8 Å². The highest BCUT2D eigenvalue weighted by atomic mass is 16.6. The molecule has 2 bridgehead atoms. The highest BCUT2D eigenvalue weighted by Crippen LogP contribution is 2.47. The SMILES string of the molecule is CCOc1c(C)c(O)c2c(O)c3c4c(c2c1C(=O)C/C=C/C[C@@H](C)[C@@H](OC(C)=O)[C@H](C)[C@H](OC(C)(C)O)[C@H](C)C[C@@H](C)/C=C/C=C(/C)C(=O)N=3)NC1(CCN(CC(C)C)CC1)N=4. The van der Waals surface area contributed by atoms with Gasteiger partial charge in [0.15, 0.2) is 17.3 Å². The average Bonchev–Trinajstić information content (AvgIpc) is 3.56. The van der Waals surface area contributed by atoms with E-state index in [1.807, 2.05) is 26.0 Å². The summed E-state index contributed by atoms with van der Waals surface area (Å²) in [5.74, 6) is -3.45. The minimum atomic E-state index is -1.45. The lowest BCUT2D eigenvalue weighted by Gasteiger charge is -2.39. The van der Waals surface area contributed by atoms with Crippen LogP contribution in [0.3, 0.4) is 0 Å². The van der Waals surface area contributed by atoms with E-state index < -0.39 is 41.3 Å². The zero-order valence-corrected chi connectivity index (χ0v) is 38.9. The standard InChI is InChI=1S/C49H70N4O9/c1-13-60-46-32(8)42(56)38-37-36(46)35(55)20-15-14-18-29(5)44(61-34(10)54)33(9)45(62-48(11,12)59)31(7)25-28(4)17-16-19-30(6)47(58)50-41(43(38)57)40-39(37)51-49(52-40)21-23-53(24-22-49)26-27(2)3/h14-17,19,27-29,31,33,44-45,51,56-57,59H,13,18,20-26H2,1-12H3/b15-14+,17-16+,30-19-,50-41?/t28-,29+,31+,33-,44+,45+/m0/s1. The second kappa shape index (κ2) is 19.8. The molecule has 340 valence electrons. The summed E-state index contributed by atoms with van der Waals surface area (Å²) in [5, 5.41) is 39.0. The Labute approximate surface area is 367 Å². The van der Waals surface area contributed by atoms with Gasteiger partial charge in [0.05, 0.1) is 29.3 Å². The molecule has 3 heterocycles. The number of amides is 1. The Balaban J connectivity index is 1.74. The number of Topliss-reactive ketones (excluding diaryl/α,β-unsaturated/α-hetero) is 1. The third kappa shape index (κ3) is 10.9. The maximum absolute atomic E-state index is 14.7. The largest absolute Gasteiger partial charge is 0.507 e. The second-order valence-corrected chi connectivity index (χ2v) is 18.9. The lowest BCUT2D eigenvalue weighted by atomic mass is 9.80. The van der Waals surface area contributed by atoms with Crippen LogP contribution in [0, 0.1) is 36.5 Å². The number of phenols is 2. The summed E-state index contributed by atoms with van der Waals surface area (Å²) in [7, 11) is 0. The molecule has 13 nitrogen and oxygen atoms in total. The van der Waals surface area contributed by atoms with Gasteiger partial charge in [0.2, 0.25) is 0 Å². The molecule has 3 aliphatic rings. The van der Waals surface area contributed by atoms with Crippen molar-refractivity contribution in [3.05, 3.63) is 57.8 Å². The van der Waals surface area contributed by atoms with Crippen LogP contribution >= 0.6 is 0 Å². The van der Waals surface area contributed by atoms with Crippen molar-refractivity contribution in [2.45, 2.75) is 139 Å². The third-order valence-corrected chi connectivity index (χ3v) is 12.3. The van der Waals surface area contributed by atoms with Crippen LogP contribution in [-0.4, -0.2) is 87.8 Å². The number of ether oxygens (including phenoxy) is 3. The molecule has 6 atom stereocenters. The van der Waals surface area contributed by atoms with Crippen molar-refractivity contribution in [2.75, 3.05) is 31.6 Å². The predicted octanol–water partition coefficient (Wildman–Crippen LogP) is 7.61.